The van der Waals surface area contributed by atoms with Crippen molar-refractivity contribution in [2.24, 2.45) is 7.05 Å². The van der Waals surface area contributed by atoms with Gasteiger partial charge in [-0.05, 0) is 24.3 Å². The van der Waals surface area contributed by atoms with Crippen molar-refractivity contribution in [1.29, 1.82) is 0 Å². The molecule has 0 aliphatic carbocycles. The highest BCUT2D eigenvalue weighted by molar-refractivity contribution is 5.86. The minimum Gasteiger partial charge on any atom is -0.480 e. The molecule has 1 fully saturated rings. The van der Waals surface area contributed by atoms with E-state index in [9.17, 15) is 4.79 Å². The number of ether oxygens (including phenoxy) is 1. The fourth-order valence-corrected chi connectivity index (χ4v) is 3.41. The Morgan fingerprint density at radius 3 is 2.63 bits per heavy atom. The van der Waals surface area contributed by atoms with Crippen molar-refractivity contribution in [3.8, 4) is 5.88 Å². The van der Waals surface area contributed by atoms with Crippen LogP contribution in [0.5, 0.6) is 5.88 Å². The average molecular weight is 366 g/mol. The molecular formula is C19H22N6O2. The maximum atomic E-state index is 11.5. The normalized spacial score (nSPS) is 15.3. The summed E-state index contributed by atoms with van der Waals surface area (Å²) < 4.78 is 6.75. The first-order valence-electron chi connectivity index (χ1n) is 8.93. The van der Waals surface area contributed by atoms with Crippen LogP contribution in [0.25, 0.3) is 10.9 Å². The van der Waals surface area contributed by atoms with Crippen LogP contribution in [0.4, 0.5) is 5.69 Å². The number of nitrogens with zero attached hydrogens (tertiary/aromatic N) is 6. The lowest BCUT2D eigenvalue weighted by molar-refractivity contribution is 0.245. The Bertz CT molecular complexity index is 1010. The number of aromatic nitrogens is 4. The number of benzene rings is 1. The Morgan fingerprint density at radius 1 is 1.07 bits per heavy atom. The maximum absolute atomic E-state index is 11.5. The van der Waals surface area contributed by atoms with Gasteiger partial charge in [0.1, 0.15) is 6.33 Å². The molecule has 140 valence electrons. The molecule has 0 saturated carbocycles. The number of methoxy groups -OCH3 is 1. The van der Waals surface area contributed by atoms with Gasteiger partial charge in [-0.25, -0.2) is 14.6 Å². The molecule has 1 aliphatic heterocycles. The first-order chi connectivity index (χ1) is 13.1. The van der Waals surface area contributed by atoms with Crippen molar-refractivity contribution < 1.29 is 4.74 Å². The van der Waals surface area contributed by atoms with Gasteiger partial charge < -0.3 is 9.64 Å². The van der Waals surface area contributed by atoms with E-state index in [4.69, 9.17) is 4.74 Å². The molecule has 27 heavy (non-hydrogen) atoms. The third-order valence-electron chi connectivity index (χ3n) is 4.91. The second kappa shape index (κ2) is 7.32. The van der Waals surface area contributed by atoms with Crippen molar-refractivity contribution in [3.63, 3.8) is 0 Å². The van der Waals surface area contributed by atoms with Gasteiger partial charge in [-0.2, -0.15) is 5.10 Å². The van der Waals surface area contributed by atoms with Gasteiger partial charge in [0, 0.05) is 51.5 Å². The highest BCUT2D eigenvalue weighted by atomic mass is 16.5. The SMILES string of the molecule is COc1ncnc2ccc(N3CCN(Cc4ccc(=O)n(C)n4)CC3)cc12. The van der Waals surface area contributed by atoms with Gasteiger partial charge in [-0.3, -0.25) is 9.69 Å². The van der Waals surface area contributed by atoms with Crippen LogP contribution in [0.15, 0.2) is 41.5 Å². The first kappa shape index (κ1) is 17.4. The Labute approximate surface area is 157 Å². The van der Waals surface area contributed by atoms with Crippen LogP contribution < -0.4 is 15.2 Å². The summed E-state index contributed by atoms with van der Waals surface area (Å²) in [5.41, 5.74) is 2.86. The van der Waals surface area contributed by atoms with Crippen LogP contribution in [0, 0.1) is 0 Å². The molecule has 0 bridgehead atoms. The Morgan fingerprint density at radius 2 is 1.89 bits per heavy atom. The smallest absolute Gasteiger partial charge is 0.266 e. The van der Waals surface area contributed by atoms with Crippen LogP contribution in [-0.4, -0.2) is 57.9 Å². The molecule has 1 aromatic carbocycles. The second-order valence-corrected chi connectivity index (χ2v) is 6.63. The van der Waals surface area contributed by atoms with Gasteiger partial charge in [-0.15, -0.1) is 0 Å². The standard InChI is InChI=1S/C19H22N6O2/c1-23-18(26)6-3-14(22-23)12-24-7-9-25(10-8-24)15-4-5-17-16(11-15)19(27-2)21-13-20-17/h3-6,11,13H,7-10,12H2,1-2H3. The van der Waals surface area contributed by atoms with Crippen molar-refractivity contribution in [2.45, 2.75) is 6.54 Å². The minimum atomic E-state index is -0.0840. The molecule has 2 aromatic heterocycles. The molecule has 0 atom stereocenters. The second-order valence-electron chi connectivity index (χ2n) is 6.63. The molecule has 1 aliphatic rings. The summed E-state index contributed by atoms with van der Waals surface area (Å²) in [7, 11) is 3.31. The minimum absolute atomic E-state index is 0.0840. The van der Waals surface area contributed by atoms with Crippen LogP contribution >= 0.6 is 0 Å². The number of hydrogen-bond acceptors (Lipinski definition) is 7. The monoisotopic (exact) mass is 366 g/mol. The maximum Gasteiger partial charge on any atom is 0.266 e. The lowest BCUT2D eigenvalue weighted by Gasteiger charge is -2.36. The predicted molar refractivity (Wildman–Crippen MR) is 103 cm³/mol. The number of hydrogen-bond donors (Lipinski definition) is 0. The molecule has 0 radical (unpaired) electrons. The predicted octanol–water partition coefficient (Wildman–Crippen LogP) is 1.05. The fraction of sp³-hybridized carbons (Fsp3) is 0.368. The van der Waals surface area contributed by atoms with Crippen LogP contribution in [0.1, 0.15) is 5.69 Å². The number of fused-ring (bicyclic) bond motifs is 1. The zero-order valence-corrected chi connectivity index (χ0v) is 15.5. The molecule has 1 saturated heterocycles. The van der Waals surface area contributed by atoms with Crippen LogP contribution in [-0.2, 0) is 13.6 Å². The fourth-order valence-electron chi connectivity index (χ4n) is 3.41. The lowest BCUT2D eigenvalue weighted by Crippen LogP contribution is -2.46. The Balaban J connectivity index is 1.45. The van der Waals surface area contributed by atoms with Crippen LogP contribution in [0.3, 0.4) is 0 Å². The largest absolute Gasteiger partial charge is 0.480 e. The summed E-state index contributed by atoms with van der Waals surface area (Å²) in [5, 5.41) is 5.24. The molecule has 0 amide bonds. The van der Waals surface area contributed by atoms with E-state index < -0.39 is 0 Å². The summed E-state index contributed by atoms with van der Waals surface area (Å²) >= 11 is 0. The van der Waals surface area contributed by atoms with E-state index in [1.807, 2.05) is 12.1 Å². The van der Waals surface area contributed by atoms with E-state index in [0.29, 0.717) is 5.88 Å². The summed E-state index contributed by atoms with van der Waals surface area (Å²) in [5.74, 6) is 0.598. The van der Waals surface area contributed by atoms with Crippen molar-refractivity contribution >= 4 is 16.6 Å². The van der Waals surface area contributed by atoms with Gasteiger partial charge >= 0.3 is 0 Å². The number of rotatable bonds is 4. The highest BCUT2D eigenvalue weighted by Crippen LogP contribution is 2.27. The van der Waals surface area contributed by atoms with E-state index >= 15 is 0 Å². The topological polar surface area (TPSA) is 76.4 Å². The summed E-state index contributed by atoms with van der Waals surface area (Å²) in [4.78, 5) is 24.7. The molecular weight excluding hydrogens is 344 g/mol. The summed E-state index contributed by atoms with van der Waals surface area (Å²) in [6, 6.07) is 9.58. The van der Waals surface area contributed by atoms with Crippen molar-refractivity contribution in [3.05, 3.63) is 52.7 Å². The van der Waals surface area contributed by atoms with Crippen LogP contribution in [0.2, 0.25) is 0 Å². The van der Waals surface area contributed by atoms with Gasteiger partial charge in [0.15, 0.2) is 0 Å². The number of piperazine rings is 1. The van der Waals surface area contributed by atoms with Gasteiger partial charge in [0.25, 0.3) is 5.56 Å². The molecule has 0 N–H and O–H groups in total. The Hall–Kier alpha value is -3.00. The Kier molecular flexibility index (Phi) is 4.72. The molecule has 0 unspecified atom stereocenters. The summed E-state index contributed by atoms with van der Waals surface area (Å²) in [6.07, 6.45) is 1.52. The first-order valence-corrected chi connectivity index (χ1v) is 8.93. The number of aryl methyl sites for hydroxylation is 1. The average Bonchev–Trinajstić information content (AvgIpc) is 2.70. The third-order valence-corrected chi connectivity index (χ3v) is 4.91. The third kappa shape index (κ3) is 3.61. The van der Waals surface area contributed by atoms with Gasteiger partial charge in [-0.1, -0.05) is 0 Å². The van der Waals surface area contributed by atoms with E-state index in [1.54, 1.807) is 20.2 Å². The summed E-state index contributed by atoms with van der Waals surface area (Å²) in [6.45, 7) is 4.47. The zero-order chi connectivity index (χ0) is 18.8. The molecule has 3 aromatic rings. The van der Waals surface area contributed by atoms with E-state index in [-0.39, 0.29) is 5.56 Å². The molecule has 3 heterocycles. The molecule has 8 nitrogen and oxygen atoms in total. The molecule has 0 spiro atoms. The highest BCUT2D eigenvalue weighted by Gasteiger charge is 2.19. The van der Waals surface area contributed by atoms with Crippen molar-refractivity contribution in [2.75, 3.05) is 38.2 Å². The van der Waals surface area contributed by atoms with E-state index in [0.717, 1.165) is 55.0 Å². The molecule has 8 heteroatoms. The zero-order valence-electron chi connectivity index (χ0n) is 15.5. The van der Waals surface area contributed by atoms with Gasteiger partial charge in [0.05, 0.1) is 23.7 Å². The quantitative estimate of drug-likeness (QED) is 0.683. The van der Waals surface area contributed by atoms with Crippen molar-refractivity contribution in [1.82, 2.24) is 24.6 Å². The van der Waals surface area contributed by atoms with E-state index in [1.165, 1.54) is 11.0 Å². The van der Waals surface area contributed by atoms with E-state index in [2.05, 4.69) is 37.0 Å². The van der Waals surface area contributed by atoms with Gasteiger partial charge in [0.2, 0.25) is 5.88 Å². The number of anilines is 1. The lowest BCUT2D eigenvalue weighted by atomic mass is 10.2. The molecule has 4 rings (SSSR count).